The Labute approximate surface area is 103 Å². The van der Waals surface area contributed by atoms with Crippen LogP contribution in [-0.4, -0.2) is 24.1 Å². The molecule has 1 N–H and O–H groups in total. The molecule has 0 aromatic heterocycles. The Kier molecular flexibility index (Phi) is 4.73. The minimum Gasteiger partial charge on any atom is -0.313 e. The highest BCUT2D eigenvalue weighted by Crippen LogP contribution is 2.18. The Balaban J connectivity index is 1.77. The molecular weight excluding hydrogens is 214 g/mol. The second-order valence-electron chi connectivity index (χ2n) is 4.61. The molecule has 16 heavy (non-hydrogen) atoms. The number of benzene rings is 1. The standard InChI is InChI=1S/C14H21NS/c1-12(13-5-3-2-4-6-13)11-15-14-7-9-16-10-8-14/h2-6,12,14-15H,7-11H2,1H3. The maximum atomic E-state index is 3.71. The van der Waals surface area contributed by atoms with Gasteiger partial charge in [0, 0.05) is 12.6 Å². The molecule has 1 aliphatic heterocycles. The van der Waals surface area contributed by atoms with Crippen LogP contribution in [0.4, 0.5) is 0 Å². The van der Waals surface area contributed by atoms with E-state index in [0.29, 0.717) is 5.92 Å². The summed E-state index contributed by atoms with van der Waals surface area (Å²) in [4.78, 5) is 0. The Hall–Kier alpha value is -0.470. The fourth-order valence-electron chi connectivity index (χ4n) is 2.14. The summed E-state index contributed by atoms with van der Waals surface area (Å²) in [7, 11) is 0. The number of hydrogen-bond acceptors (Lipinski definition) is 2. The summed E-state index contributed by atoms with van der Waals surface area (Å²) in [6, 6.07) is 11.5. The number of nitrogens with one attached hydrogen (secondary N) is 1. The van der Waals surface area contributed by atoms with Crippen molar-refractivity contribution < 1.29 is 0 Å². The molecule has 1 nitrogen and oxygen atoms in total. The molecule has 88 valence electrons. The molecule has 2 rings (SSSR count). The van der Waals surface area contributed by atoms with E-state index in [2.05, 4.69) is 54.3 Å². The zero-order chi connectivity index (χ0) is 11.2. The zero-order valence-electron chi connectivity index (χ0n) is 9.99. The highest BCUT2D eigenvalue weighted by Gasteiger charge is 2.14. The van der Waals surface area contributed by atoms with E-state index in [1.807, 2.05) is 0 Å². The van der Waals surface area contributed by atoms with Crippen LogP contribution in [0.2, 0.25) is 0 Å². The summed E-state index contributed by atoms with van der Waals surface area (Å²) in [5, 5.41) is 3.71. The molecule has 0 amide bonds. The largest absolute Gasteiger partial charge is 0.313 e. The third kappa shape index (κ3) is 3.53. The number of thioether (sulfide) groups is 1. The summed E-state index contributed by atoms with van der Waals surface area (Å²) in [6.45, 7) is 3.42. The molecule has 1 atom stereocenters. The summed E-state index contributed by atoms with van der Waals surface area (Å²) < 4.78 is 0. The van der Waals surface area contributed by atoms with Gasteiger partial charge in [-0.2, -0.15) is 11.8 Å². The van der Waals surface area contributed by atoms with Gasteiger partial charge in [0.2, 0.25) is 0 Å². The van der Waals surface area contributed by atoms with Crippen molar-refractivity contribution >= 4 is 11.8 Å². The Morgan fingerprint density at radius 3 is 2.62 bits per heavy atom. The van der Waals surface area contributed by atoms with Gasteiger partial charge < -0.3 is 5.32 Å². The van der Waals surface area contributed by atoms with Crippen LogP contribution in [0.5, 0.6) is 0 Å². The normalized spacial score (nSPS) is 19.6. The lowest BCUT2D eigenvalue weighted by Gasteiger charge is -2.24. The lowest BCUT2D eigenvalue weighted by molar-refractivity contribution is 0.465. The maximum absolute atomic E-state index is 3.71. The molecule has 1 saturated heterocycles. The van der Waals surface area contributed by atoms with E-state index in [0.717, 1.165) is 12.6 Å². The molecule has 1 aromatic rings. The molecule has 0 aliphatic carbocycles. The van der Waals surface area contributed by atoms with Gasteiger partial charge in [0.1, 0.15) is 0 Å². The van der Waals surface area contributed by atoms with Crippen LogP contribution in [0.1, 0.15) is 31.2 Å². The van der Waals surface area contributed by atoms with E-state index in [1.165, 1.54) is 29.9 Å². The summed E-state index contributed by atoms with van der Waals surface area (Å²) in [5.74, 6) is 3.28. The van der Waals surface area contributed by atoms with Gasteiger partial charge >= 0.3 is 0 Å². The lowest BCUT2D eigenvalue weighted by atomic mass is 10.0. The van der Waals surface area contributed by atoms with Crippen molar-refractivity contribution in [3.05, 3.63) is 35.9 Å². The van der Waals surface area contributed by atoms with E-state index in [1.54, 1.807) is 0 Å². The minimum absolute atomic E-state index is 0.621. The van der Waals surface area contributed by atoms with Crippen molar-refractivity contribution in [2.75, 3.05) is 18.1 Å². The van der Waals surface area contributed by atoms with Crippen LogP contribution in [0.15, 0.2) is 30.3 Å². The molecular formula is C14H21NS. The second kappa shape index (κ2) is 6.31. The third-order valence-corrected chi connectivity index (χ3v) is 4.35. The Morgan fingerprint density at radius 2 is 1.94 bits per heavy atom. The van der Waals surface area contributed by atoms with Crippen LogP contribution in [0.3, 0.4) is 0 Å². The molecule has 1 aliphatic rings. The zero-order valence-corrected chi connectivity index (χ0v) is 10.8. The monoisotopic (exact) mass is 235 g/mol. The van der Waals surface area contributed by atoms with Crippen LogP contribution in [-0.2, 0) is 0 Å². The van der Waals surface area contributed by atoms with E-state index >= 15 is 0 Å². The first-order valence-electron chi connectivity index (χ1n) is 6.22. The van der Waals surface area contributed by atoms with Gasteiger partial charge in [-0.3, -0.25) is 0 Å². The molecule has 0 saturated carbocycles. The number of hydrogen-bond donors (Lipinski definition) is 1. The van der Waals surface area contributed by atoms with E-state index < -0.39 is 0 Å². The SMILES string of the molecule is CC(CNC1CCSCC1)c1ccccc1. The van der Waals surface area contributed by atoms with E-state index in [-0.39, 0.29) is 0 Å². The van der Waals surface area contributed by atoms with Crippen LogP contribution in [0.25, 0.3) is 0 Å². The van der Waals surface area contributed by atoms with Crippen molar-refractivity contribution in [2.45, 2.75) is 31.7 Å². The van der Waals surface area contributed by atoms with Crippen LogP contribution < -0.4 is 5.32 Å². The van der Waals surface area contributed by atoms with Crippen molar-refractivity contribution in [2.24, 2.45) is 0 Å². The minimum atomic E-state index is 0.621. The average Bonchev–Trinajstić information content (AvgIpc) is 2.38. The first-order valence-corrected chi connectivity index (χ1v) is 7.38. The van der Waals surface area contributed by atoms with Crippen LogP contribution >= 0.6 is 11.8 Å². The summed E-state index contributed by atoms with van der Waals surface area (Å²) >= 11 is 2.09. The second-order valence-corrected chi connectivity index (χ2v) is 5.83. The first-order chi connectivity index (χ1) is 7.86. The molecule has 2 heteroatoms. The van der Waals surface area contributed by atoms with Gasteiger partial charge in [-0.1, -0.05) is 37.3 Å². The maximum Gasteiger partial charge on any atom is 0.00830 e. The van der Waals surface area contributed by atoms with Crippen molar-refractivity contribution in [3.8, 4) is 0 Å². The highest BCUT2D eigenvalue weighted by molar-refractivity contribution is 7.99. The molecule has 0 spiro atoms. The molecule has 1 aromatic carbocycles. The Bertz CT molecular complexity index is 293. The van der Waals surface area contributed by atoms with Gasteiger partial charge in [-0.15, -0.1) is 0 Å². The average molecular weight is 235 g/mol. The Morgan fingerprint density at radius 1 is 1.25 bits per heavy atom. The first kappa shape index (κ1) is 12.0. The van der Waals surface area contributed by atoms with Gasteiger partial charge in [0.25, 0.3) is 0 Å². The predicted octanol–water partition coefficient (Wildman–Crippen LogP) is 3.28. The topological polar surface area (TPSA) is 12.0 Å². The summed E-state index contributed by atoms with van der Waals surface area (Å²) in [5.41, 5.74) is 1.44. The fourth-order valence-corrected chi connectivity index (χ4v) is 3.25. The van der Waals surface area contributed by atoms with Gasteiger partial charge in [-0.25, -0.2) is 0 Å². The molecule has 1 heterocycles. The quantitative estimate of drug-likeness (QED) is 0.859. The van der Waals surface area contributed by atoms with E-state index in [4.69, 9.17) is 0 Å². The van der Waals surface area contributed by atoms with Gasteiger partial charge in [-0.05, 0) is 35.8 Å². The van der Waals surface area contributed by atoms with Gasteiger partial charge in [0.05, 0.1) is 0 Å². The molecule has 1 fully saturated rings. The third-order valence-electron chi connectivity index (χ3n) is 3.30. The van der Waals surface area contributed by atoms with Gasteiger partial charge in [0.15, 0.2) is 0 Å². The smallest absolute Gasteiger partial charge is 0.00830 e. The fraction of sp³-hybridized carbons (Fsp3) is 0.571. The molecule has 0 radical (unpaired) electrons. The van der Waals surface area contributed by atoms with E-state index in [9.17, 15) is 0 Å². The lowest BCUT2D eigenvalue weighted by Crippen LogP contribution is -2.34. The summed E-state index contributed by atoms with van der Waals surface area (Å²) in [6.07, 6.45) is 2.68. The van der Waals surface area contributed by atoms with Crippen molar-refractivity contribution in [3.63, 3.8) is 0 Å². The van der Waals surface area contributed by atoms with Crippen molar-refractivity contribution in [1.29, 1.82) is 0 Å². The number of rotatable bonds is 4. The predicted molar refractivity (Wildman–Crippen MR) is 73.2 cm³/mol. The van der Waals surface area contributed by atoms with Crippen LogP contribution in [0, 0.1) is 0 Å². The molecule has 0 bridgehead atoms. The van der Waals surface area contributed by atoms with Crippen molar-refractivity contribution in [1.82, 2.24) is 5.32 Å². The highest BCUT2D eigenvalue weighted by atomic mass is 32.2. The molecule has 1 unspecified atom stereocenters.